The smallest absolute Gasteiger partial charge is 0.127 e. The normalized spacial score (nSPS) is 10.5. The Morgan fingerprint density at radius 2 is 1.59 bits per heavy atom. The number of pyridine rings is 1. The van der Waals surface area contributed by atoms with Gasteiger partial charge >= 0.3 is 0 Å². The fraction of sp³-hybridized carbons (Fsp3) is 0. The molecule has 0 fully saturated rings. The van der Waals surface area contributed by atoms with Crippen LogP contribution in [0.15, 0.2) is 79.4 Å². The summed E-state index contributed by atoms with van der Waals surface area (Å²) in [7, 11) is 0. The van der Waals surface area contributed by atoms with Crippen LogP contribution in [-0.2, 0) is 0 Å². The summed E-state index contributed by atoms with van der Waals surface area (Å²) in [5, 5.41) is 8.03. The minimum atomic E-state index is -0.144. The zero-order valence-corrected chi connectivity index (χ0v) is 15.4. The Hall–Kier alpha value is -4.26. The van der Waals surface area contributed by atoms with E-state index in [1.807, 2.05) is 54.6 Å². The Kier molecular flexibility index (Phi) is 4.86. The number of aromatic nitrogens is 3. The molecule has 4 rings (SSSR count). The summed E-state index contributed by atoms with van der Waals surface area (Å²) in [5.74, 6) is 1.31. The van der Waals surface area contributed by atoms with Crippen LogP contribution in [0.25, 0.3) is 22.5 Å². The maximum Gasteiger partial charge on any atom is 0.127 e. The van der Waals surface area contributed by atoms with Crippen LogP contribution in [0.2, 0.25) is 0 Å². The quantitative estimate of drug-likeness (QED) is 0.356. The summed E-state index contributed by atoms with van der Waals surface area (Å²) in [6, 6.07) is 17.0. The molecule has 0 saturated heterocycles. The molecule has 0 unspecified atom stereocenters. The van der Waals surface area contributed by atoms with E-state index in [1.165, 1.54) is 0 Å². The van der Waals surface area contributed by atoms with E-state index in [1.54, 1.807) is 24.8 Å². The molecule has 142 valence electrons. The molecule has 0 saturated carbocycles. The standard InChI is InChI=1S/C22H18N6O/c23-20-19(22(24)25)17(12-28-21(20)18-13-26-10-11-27-18)14-6-8-16(9-7-14)29-15-4-2-1-3-5-15/h1-13H,23H2,(H3,24,25). The maximum atomic E-state index is 8.03. The molecule has 2 heterocycles. The highest BCUT2D eigenvalue weighted by Gasteiger charge is 2.18. The first kappa shape index (κ1) is 18.1. The van der Waals surface area contributed by atoms with Crippen molar-refractivity contribution in [3.8, 4) is 34.0 Å². The van der Waals surface area contributed by atoms with E-state index < -0.39 is 0 Å². The van der Waals surface area contributed by atoms with Crippen LogP contribution in [0.3, 0.4) is 0 Å². The SMILES string of the molecule is N=C(N)c1c(-c2ccc(Oc3ccccc3)cc2)cnc(-c2cnccn2)c1N. The number of rotatable bonds is 5. The van der Waals surface area contributed by atoms with Gasteiger partial charge in [0, 0.05) is 24.2 Å². The van der Waals surface area contributed by atoms with Gasteiger partial charge in [-0.15, -0.1) is 0 Å². The van der Waals surface area contributed by atoms with Gasteiger partial charge < -0.3 is 16.2 Å². The molecule has 2 aromatic carbocycles. The van der Waals surface area contributed by atoms with Crippen molar-refractivity contribution >= 4 is 11.5 Å². The van der Waals surface area contributed by atoms with E-state index in [9.17, 15) is 0 Å². The van der Waals surface area contributed by atoms with Gasteiger partial charge in [0.2, 0.25) is 0 Å². The highest BCUT2D eigenvalue weighted by molar-refractivity contribution is 6.08. The van der Waals surface area contributed by atoms with Crippen molar-refractivity contribution in [1.29, 1.82) is 5.41 Å². The lowest BCUT2D eigenvalue weighted by molar-refractivity contribution is 0.483. The van der Waals surface area contributed by atoms with E-state index in [2.05, 4.69) is 15.0 Å². The van der Waals surface area contributed by atoms with Crippen molar-refractivity contribution in [3.05, 3.63) is 84.9 Å². The van der Waals surface area contributed by atoms with E-state index >= 15 is 0 Å². The fourth-order valence-corrected chi connectivity index (χ4v) is 2.99. The molecule has 0 atom stereocenters. The molecule has 0 radical (unpaired) electrons. The second-order valence-corrected chi connectivity index (χ2v) is 6.25. The number of ether oxygens (including phenoxy) is 1. The minimum Gasteiger partial charge on any atom is -0.457 e. The molecule has 0 bridgehead atoms. The molecular formula is C22H18N6O. The Balaban J connectivity index is 1.71. The van der Waals surface area contributed by atoms with Gasteiger partial charge in [0.05, 0.1) is 17.4 Å². The van der Waals surface area contributed by atoms with Crippen molar-refractivity contribution in [2.24, 2.45) is 5.73 Å². The maximum absolute atomic E-state index is 8.03. The van der Waals surface area contributed by atoms with Crippen LogP contribution in [0.5, 0.6) is 11.5 Å². The zero-order valence-electron chi connectivity index (χ0n) is 15.4. The number of hydrogen-bond acceptors (Lipinski definition) is 6. The molecule has 7 heteroatoms. The number of para-hydroxylation sites is 1. The van der Waals surface area contributed by atoms with Gasteiger partial charge in [-0.25, -0.2) is 0 Å². The predicted molar refractivity (Wildman–Crippen MR) is 113 cm³/mol. The zero-order chi connectivity index (χ0) is 20.2. The third kappa shape index (κ3) is 3.74. The van der Waals surface area contributed by atoms with E-state index in [0.29, 0.717) is 34.0 Å². The van der Waals surface area contributed by atoms with Gasteiger partial charge in [-0.1, -0.05) is 30.3 Å². The van der Waals surface area contributed by atoms with Gasteiger partial charge in [-0.05, 0) is 29.8 Å². The van der Waals surface area contributed by atoms with Crippen LogP contribution < -0.4 is 16.2 Å². The second kappa shape index (κ2) is 7.77. The highest BCUT2D eigenvalue weighted by Crippen LogP contribution is 2.33. The van der Waals surface area contributed by atoms with Gasteiger partial charge in [0.15, 0.2) is 0 Å². The molecule has 2 aromatic heterocycles. The van der Waals surface area contributed by atoms with Gasteiger partial charge in [-0.2, -0.15) is 0 Å². The van der Waals surface area contributed by atoms with Crippen molar-refractivity contribution in [2.75, 3.05) is 5.73 Å². The number of amidine groups is 1. The van der Waals surface area contributed by atoms with Crippen molar-refractivity contribution in [1.82, 2.24) is 15.0 Å². The van der Waals surface area contributed by atoms with Crippen LogP contribution in [0, 0.1) is 5.41 Å². The number of benzene rings is 2. The third-order valence-electron chi connectivity index (χ3n) is 4.34. The summed E-state index contributed by atoms with van der Waals surface area (Å²) < 4.78 is 5.83. The predicted octanol–water partition coefficient (Wildman–Crippen LogP) is 3.86. The number of nitrogens with two attached hydrogens (primary N) is 2. The Bertz CT molecular complexity index is 1150. The molecule has 5 N–H and O–H groups in total. The molecule has 0 aliphatic heterocycles. The average Bonchev–Trinajstić information content (AvgIpc) is 2.75. The first-order chi connectivity index (χ1) is 14.1. The number of anilines is 1. The lowest BCUT2D eigenvalue weighted by atomic mass is 9.98. The summed E-state index contributed by atoms with van der Waals surface area (Å²) in [4.78, 5) is 12.7. The van der Waals surface area contributed by atoms with Gasteiger partial charge in [-0.3, -0.25) is 20.4 Å². The molecule has 0 aliphatic carbocycles. The second-order valence-electron chi connectivity index (χ2n) is 6.25. The van der Waals surface area contributed by atoms with Crippen LogP contribution >= 0.6 is 0 Å². The fourth-order valence-electron chi connectivity index (χ4n) is 2.99. The van der Waals surface area contributed by atoms with Gasteiger partial charge in [0.1, 0.15) is 28.7 Å². The molecule has 4 aromatic rings. The number of nitrogens with zero attached hydrogens (tertiary/aromatic N) is 3. The van der Waals surface area contributed by atoms with Crippen LogP contribution in [0.1, 0.15) is 5.56 Å². The van der Waals surface area contributed by atoms with Crippen molar-refractivity contribution in [3.63, 3.8) is 0 Å². The molecule has 0 amide bonds. The molecule has 0 spiro atoms. The Morgan fingerprint density at radius 1 is 0.862 bits per heavy atom. The van der Waals surface area contributed by atoms with E-state index in [0.717, 1.165) is 11.3 Å². The van der Waals surface area contributed by atoms with Gasteiger partial charge in [0.25, 0.3) is 0 Å². The van der Waals surface area contributed by atoms with Crippen LogP contribution in [0.4, 0.5) is 5.69 Å². The largest absolute Gasteiger partial charge is 0.457 e. The average molecular weight is 382 g/mol. The van der Waals surface area contributed by atoms with E-state index in [-0.39, 0.29) is 5.84 Å². The Morgan fingerprint density at radius 3 is 2.24 bits per heavy atom. The minimum absolute atomic E-state index is 0.144. The lowest BCUT2D eigenvalue weighted by Crippen LogP contribution is -2.16. The molecular weight excluding hydrogens is 364 g/mol. The van der Waals surface area contributed by atoms with E-state index in [4.69, 9.17) is 21.6 Å². The topological polar surface area (TPSA) is 124 Å². The molecule has 0 aliphatic rings. The summed E-state index contributed by atoms with van der Waals surface area (Å²) in [5.41, 5.74) is 15.3. The monoisotopic (exact) mass is 382 g/mol. The van der Waals surface area contributed by atoms with Crippen LogP contribution in [-0.4, -0.2) is 20.8 Å². The summed E-state index contributed by atoms with van der Waals surface area (Å²) in [6.45, 7) is 0. The third-order valence-corrected chi connectivity index (χ3v) is 4.34. The first-order valence-corrected chi connectivity index (χ1v) is 8.86. The number of nitrogens with one attached hydrogen (secondary N) is 1. The first-order valence-electron chi connectivity index (χ1n) is 8.86. The molecule has 7 nitrogen and oxygen atoms in total. The summed E-state index contributed by atoms with van der Waals surface area (Å²) >= 11 is 0. The van der Waals surface area contributed by atoms with Crippen molar-refractivity contribution in [2.45, 2.75) is 0 Å². The number of hydrogen-bond donors (Lipinski definition) is 3. The summed E-state index contributed by atoms with van der Waals surface area (Å²) in [6.07, 6.45) is 6.34. The Labute approximate surface area is 167 Å². The number of nitrogen functional groups attached to an aromatic ring is 2. The lowest BCUT2D eigenvalue weighted by Gasteiger charge is -2.14. The van der Waals surface area contributed by atoms with Crippen molar-refractivity contribution < 1.29 is 4.74 Å². The molecule has 29 heavy (non-hydrogen) atoms. The highest BCUT2D eigenvalue weighted by atomic mass is 16.5.